The Balaban J connectivity index is 3.51. The zero-order valence-electron chi connectivity index (χ0n) is 8.74. The van der Waals surface area contributed by atoms with E-state index in [9.17, 15) is 4.79 Å². The Morgan fingerprint density at radius 3 is 2.36 bits per heavy atom. The minimum absolute atomic E-state index is 0.0788. The molecule has 0 aromatic carbocycles. The van der Waals surface area contributed by atoms with Crippen LogP contribution in [0, 0.1) is 35.5 Å². The maximum absolute atomic E-state index is 10.4. The SMILES string of the molecule is CCC#CC#CCCCC#CC(C)=O. The number of Topliss-reactive ketones (excluding diaryl/α,β-unsaturated/α-hetero) is 1. The lowest BCUT2D eigenvalue weighted by Gasteiger charge is -1.82. The van der Waals surface area contributed by atoms with Gasteiger partial charge in [0.15, 0.2) is 0 Å². The summed E-state index contributed by atoms with van der Waals surface area (Å²) in [5, 5.41) is 0. The number of hydrogen-bond acceptors (Lipinski definition) is 1. The largest absolute Gasteiger partial charge is 0.285 e. The van der Waals surface area contributed by atoms with Gasteiger partial charge in [-0.25, -0.2) is 0 Å². The standard InChI is InChI=1S/C13H14O/c1-3-4-5-6-7-8-9-10-11-12-13(2)14/h3,8-10H2,1-2H3. The lowest BCUT2D eigenvalue weighted by atomic mass is 10.2. The lowest BCUT2D eigenvalue weighted by molar-refractivity contribution is -0.111. The Bertz CT molecular complexity index is 344. The molecule has 1 heteroatoms. The number of ketones is 1. The third-order valence-corrected chi connectivity index (χ3v) is 1.28. The molecule has 0 unspecified atom stereocenters. The van der Waals surface area contributed by atoms with Crippen molar-refractivity contribution < 1.29 is 4.79 Å². The van der Waals surface area contributed by atoms with Crippen LogP contribution in [0.1, 0.15) is 39.5 Å². The molecule has 0 heterocycles. The molecule has 0 N–H and O–H groups in total. The molecule has 0 aromatic heterocycles. The maximum Gasteiger partial charge on any atom is 0.202 e. The van der Waals surface area contributed by atoms with E-state index >= 15 is 0 Å². The third-order valence-electron chi connectivity index (χ3n) is 1.28. The van der Waals surface area contributed by atoms with Crippen LogP contribution in [-0.4, -0.2) is 5.78 Å². The van der Waals surface area contributed by atoms with Crippen molar-refractivity contribution in [3.63, 3.8) is 0 Å². The number of hydrogen-bond donors (Lipinski definition) is 0. The summed E-state index contributed by atoms with van der Waals surface area (Å²) >= 11 is 0. The molecule has 0 aromatic rings. The molecule has 0 saturated carbocycles. The first-order chi connectivity index (χ1) is 6.77. The molecule has 0 aliphatic carbocycles. The molecule has 0 rings (SSSR count). The summed E-state index contributed by atoms with van der Waals surface area (Å²) < 4.78 is 0. The molecule has 0 saturated heterocycles. The zero-order valence-corrected chi connectivity index (χ0v) is 8.74. The predicted molar refractivity (Wildman–Crippen MR) is 58.2 cm³/mol. The molecule has 0 fully saturated rings. The number of unbranched alkanes of at least 4 members (excludes halogenated alkanes) is 2. The van der Waals surface area contributed by atoms with Gasteiger partial charge >= 0.3 is 0 Å². The molecule has 1 nitrogen and oxygen atoms in total. The molecular weight excluding hydrogens is 172 g/mol. The van der Waals surface area contributed by atoms with Gasteiger partial charge < -0.3 is 0 Å². The molecular formula is C13H14O. The van der Waals surface area contributed by atoms with Gasteiger partial charge in [0.2, 0.25) is 5.78 Å². The van der Waals surface area contributed by atoms with Gasteiger partial charge in [0.05, 0.1) is 0 Å². The molecule has 14 heavy (non-hydrogen) atoms. The Hall–Kier alpha value is -1.65. The first-order valence-corrected chi connectivity index (χ1v) is 4.72. The summed E-state index contributed by atoms with van der Waals surface area (Å²) in [4.78, 5) is 10.4. The van der Waals surface area contributed by atoms with E-state index in [1.54, 1.807) is 0 Å². The van der Waals surface area contributed by atoms with Crippen LogP contribution in [-0.2, 0) is 4.79 Å². The van der Waals surface area contributed by atoms with Crippen LogP contribution >= 0.6 is 0 Å². The van der Waals surface area contributed by atoms with Crippen molar-refractivity contribution in [1.29, 1.82) is 0 Å². The van der Waals surface area contributed by atoms with Crippen molar-refractivity contribution in [2.75, 3.05) is 0 Å². The van der Waals surface area contributed by atoms with E-state index in [4.69, 9.17) is 0 Å². The minimum atomic E-state index is -0.0788. The Morgan fingerprint density at radius 1 is 1.07 bits per heavy atom. The van der Waals surface area contributed by atoms with Crippen molar-refractivity contribution in [3.8, 4) is 35.5 Å². The van der Waals surface area contributed by atoms with Crippen LogP contribution in [0.15, 0.2) is 0 Å². The highest BCUT2D eigenvalue weighted by Gasteiger charge is 1.81. The maximum atomic E-state index is 10.4. The molecule has 0 atom stereocenters. The summed E-state index contributed by atoms with van der Waals surface area (Å²) in [6.07, 6.45) is 3.28. The zero-order chi connectivity index (χ0) is 10.6. The Labute approximate surface area is 86.3 Å². The van der Waals surface area contributed by atoms with Crippen LogP contribution in [0.4, 0.5) is 0 Å². The van der Waals surface area contributed by atoms with Crippen LogP contribution in [0.2, 0.25) is 0 Å². The van der Waals surface area contributed by atoms with Gasteiger partial charge in [0, 0.05) is 26.2 Å². The fraction of sp³-hybridized carbons (Fsp3) is 0.462. The van der Waals surface area contributed by atoms with Gasteiger partial charge in [-0.3, -0.25) is 4.79 Å². The van der Waals surface area contributed by atoms with Crippen molar-refractivity contribution in [3.05, 3.63) is 0 Å². The Kier molecular flexibility index (Phi) is 8.33. The van der Waals surface area contributed by atoms with Crippen molar-refractivity contribution in [2.24, 2.45) is 0 Å². The number of carbonyl (C=O) groups excluding carboxylic acids is 1. The van der Waals surface area contributed by atoms with E-state index in [1.165, 1.54) is 6.92 Å². The normalized spacial score (nSPS) is 7.00. The highest BCUT2D eigenvalue weighted by molar-refractivity contribution is 5.93. The number of rotatable bonds is 2. The van der Waals surface area contributed by atoms with E-state index < -0.39 is 0 Å². The highest BCUT2D eigenvalue weighted by Crippen LogP contribution is 1.90. The van der Waals surface area contributed by atoms with Crippen LogP contribution < -0.4 is 0 Å². The molecule has 0 spiro atoms. The van der Waals surface area contributed by atoms with Gasteiger partial charge in [-0.05, 0) is 24.2 Å². The second-order valence-electron chi connectivity index (χ2n) is 2.67. The summed E-state index contributed by atoms with van der Waals surface area (Å²) in [5.41, 5.74) is 0. The number of carbonyl (C=O) groups is 1. The molecule has 0 aliphatic heterocycles. The second-order valence-corrected chi connectivity index (χ2v) is 2.67. The first kappa shape index (κ1) is 12.3. The predicted octanol–water partition coefficient (Wildman–Crippen LogP) is 2.17. The average molecular weight is 186 g/mol. The lowest BCUT2D eigenvalue weighted by Crippen LogP contribution is -1.80. The molecule has 72 valence electrons. The van der Waals surface area contributed by atoms with Crippen molar-refractivity contribution in [2.45, 2.75) is 39.5 Å². The van der Waals surface area contributed by atoms with E-state index in [0.717, 1.165) is 25.7 Å². The smallest absolute Gasteiger partial charge is 0.202 e. The molecule has 0 radical (unpaired) electrons. The summed E-state index contributed by atoms with van der Waals surface area (Å²) in [6, 6.07) is 0. The molecule has 0 amide bonds. The highest BCUT2D eigenvalue weighted by atomic mass is 16.1. The van der Waals surface area contributed by atoms with Gasteiger partial charge in [-0.1, -0.05) is 24.7 Å². The van der Waals surface area contributed by atoms with E-state index in [2.05, 4.69) is 35.5 Å². The topological polar surface area (TPSA) is 17.1 Å². The monoisotopic (exact) mass is 186 g/mol. The minimum Gasteiger partial charge on any atom is -0.285 e. The molecule has 0 aliphatic rings. The first-order valence-electron chi connectivity index (χ1n) is 4.72. The van der Waals surface area contributed by atoms with Crippen molar-refractivity contribution in [1.82, 2.24) is 0 Å². The van der Waals surface area contributed by atoms with Crippen LogP contribution in [0.5, 0.6) is 0 Å². The summed E-state index contributed by atoms with van der Waals surface area (Å²) in [6.45, 7) is 3.46. The summed E-state index contributed by atoms with van der Waals surface area (Å²) in [5.74, 6) is 16.5. The van der Waals surface area contributed by atoms with Gasteiger partial charge in [0.1, 0.15) is 0 Å². The third kappa shape index (κ3) is 10.3. The van der Waals surface area contributed by atoms with Crippen LogP contribution in [0.25, 0.3) is 0 Å². The fourth-order valence-corrected chi connectivity index (χ4v) is 0.691. The average Bonchev–Trinajstić information content (AvgIpc) is 2.15. The fourth-order valence-electron chi connectivity index (χ4n) is 0.691. The van der Waals surface area contributed by atoms with Crippen molar-refractivity contribution >= 4 is 5.78 Å². The second kappa shape index (κ2) is 9.44. The van der Waals surface area contributed by atoms with E-state index in [-0.39, 0.29) is 5.78 Å². The van der Waals surface area contributed by atoms with E-state index in [0.29, 0.717) is 0 Å². The van der Waals surface area contributed by atoms with Crippen LogP contribution in [0.3, 0.4) is 0 Å². The summed E-state index contributed by atoms with van der Waals surface area (Å²) in [7, 11) is 0. The molecule has 0 bridgehead atoms. The van der Waals surface area contributed by atoms with Gasteiger partial charge in [-0.2, -0.15) is 0 Å². The quantitative estimate of drug-likeness (QED) is 0.367. The Morgan fingerprint density at radius 2 is 1.71 bits per heavy atom. The van der Waals surface area contributed by atoms with Gasteiger partial charge in [-0.15, -0.1) is 0 Å². The van der Waals surface area contributed by atoms with Gasteiger partial charge in [0.25, 0.3) is 0 Å². The van der Waals surface area contributed by atoms with E-state index in [1.807, 2.05) is 6.92 Å².